The first-order valence-corrected chi connectivity index (χ1v) is 10.2. The summed E-state index contributed by atoms with van der Waals surface area (Å²) in [5, 5.41) is 3.32. The molecule has 1 spiro atoms. The molecule has 1 saturated heterocycles. The standard InChI is InChI=1S/C22H26N6/c1-2-5-19-18(4-1)6-13-28-17-12-23-20(28)22(19)7-14-27(15-8-22)16-11-26-21-24-9-3-10-25-21/h1-5,9-10,12,17H,6-8,11,13-16H2,(H,24,25,26). The lowest BCUT2D eigenvalue weighted by Crippen LogP contribution is -2.45. The quantitative estimate of drug-likeness (QED) is 0.761. The molecule has 3 aromatic rings. The Balaban J connectivity index is 1.32. The van der Waals surface area contributed by atoms with E-state index in [4.69, 9.17) is 4.98 Å². The van der Waals surface area contributed by atoms with Gasteiger partial charge < -0.3 is 14.8 Å². The largest absolute Gasteiger partial charge is 0.353 e. The Kier molecular flexibility index (Phi) is 4.56. The first-order chi connectivity index (χ1) is 13.9. The van der Waals surface area contributed by atoms with Crippen molar-refractivity contribution in [3.05, 3.63) is 72.1 Å². The summed E-state index contributed by atoms with van der Waals surface area (Å²) < 4.78 is 2.38. The normalized spacial score (nSPS) is 18.3. The van der Waals surface area contributed by atoms with E-state index >= 15 is 0 Å². The van der Waals surface area contributed by atoms with E-state index in [0.29, 0.717) is 5.95 Å². The molecule has 6 nitrogen and oxygen atoms in total. The Morgan fingerprint density at radius 1 is 0.929 bits per heavy atom. The molecular weight excluding hydrogens is 348 g/mol. The number of rotatable bonds is 4. The van der Waals surface area contributed by atoms with Crippen molar-refractivity contribution >= 4 is 5.95 Å². The molecule has 5 rings (SSSR count). The summed E-state index contributed by atoms with van der Waals surface area (Å²) in [5.41, 5.74) is 3.03. The molecule has 2 aromatic heterocycles. The lowest BCUT2D eigenvalue weighted by atomic mass is 9.70. The molecule has 28 heavy (non-hydrogen) atoms. The lowest BCUT2D eigenvalue weighted by molar-refractivity contribution is 0.178. The number of hydrogen-bond donors (Lipinski definition) is 1. The zero-order valence-electron chi connectivity index (χ0n) is 16.1. The zero-order chi connectivity index (χ0) is 18.8. The SMILES string of the molecule is c1cnc(NCCN2CCC3(CC2)c2ccccc2CCn2ccnc23)nc1. The highest BCUT2D eigenvalue weighted by Gasteiger charge is 2.43. The van der Waals surface area contributed by atoms with Gasteiger partial charge in [-0.05, 0) is 49.5 Å². The Bertz CT molecular complexity index is 927. The first kappa shape index (κ1) is 17.4. The van der Waals surface area contributed by atoms with E-state index in [9.17, 15) is 0 Å². The number of anilines is 1. The average molecular weight is 374 g/mol. The van der Waals surface area contributed by atoms with E-state index in [-0.39, 0.29) is 5.41 Å². The van der Waals surface area contributed by atoms with Gasteiger partial charge in [-0.25, -0.2) is 15.0 Å². The summed E-state index contributed by atoms with van der Waals surface area (Å²) in [4.78, 5) is 15.8. The van der Waals surface area contributed by atoms with Gasteiger partial charge in [0.2, 0.25) is 5.95 Å². The highest BCUT2D eigenvalue weighted by atomic mass is 15.2. The smallest absolute Gasteiger partial charge is 0.222 e. The van der Waals surface area contributed by atoms with E-state index < -0.39 is 0 Å². The maximum Gasteiger partial charge on any atom is 0.222 e. The van der Waals surface area contributed by atoms with Crippen LogP contribution in [0, 0.1) is 0 Å². The van der Waals surface area contributed by atoms with Crippen LogP contribution >= 0.6 is 0 Å². The van der Waals surface area contributed by atoms with Crippen LogP contribution in [-0.4, -0.2) is 50.6 Å². The molecular formula is C22H26N6. The number of nitrogens with zero attached hydrogens (tertiary/aromatic N) is 5. The van der Waals surface area contributed by atoms with E-state index in [2.05, 4.69) is 55.2 Å². The molecule has 1 aromatic carbocycles. The molecule has 0 amide bonds. The second-order valence-electron chi connectivity index (χ2n) is 7.77. The van der Waals surface area contributed by atoms with Gasteiger partial charge in [0.1, 0.15) is 5.82 Å². The van der Waals surface area contributed by atoms with E-state index in [1.807, 2.05) is 12.3 Å². The monoisotopic (exact) mass is 374 g/mol. The van der Waals surface area contributed by atoms with Gasteiger partial charge in [0.05, 0.1) is 5.41 Å². The third kappa shape index (κ3) is 3.07. The van der Waals surface area contributed by atoms with Crippen LogP contribution in [0.1, 0.15) is 29.8 Å². The van der Waals surface area contributed by atoms with Gasteiger partial charge in [-0.1, -0.05) is 24.3 Å². The number of nitrogens with one attached hydrogen (secondary N) is 1. The third-order valence-electron chi connectivity index (χ3n) is 6.29. The van der Waals surface area contributed by atoms with Gasteiger partial charge in [0.25, 0.3) is 0 Å². The van der Waals surface area contributed by atoms with E-state index in [1.165, 1.54) is 17.0 Å². The minimum absolute atomic E-state index is 0.0447. The minimum Gasteiger partial charge on any atom is -0.353 e. The number of aromatic nitrogens is 4. The van der Waals surface area contributed by atoms with Gasteiger partial charge in [0, 0.05) is 44.4 Å². The highest BCUT2D eigenvalue weighted by Crippen LogP contribution is 2.44. The summed E-state index contributed by atoms with van der Waals surface area (Å²) in [6.07, 6.45) is 11.0. The van der Waals surface area contributed by atoms with Crippen LogP contribution in [0.2, 0.25) is 0 Å². The van der Waals surface area contributed by atoms with Crippen molar-refractivity contribution in [2.45, 2.75) is 31.2 Å². The fraction of sp³-hybridized carbons (Fsp3) is 0.409. The van der Waals surface area contributed by atoms with Crippen LogP contribution < -0.4 is 5.32 Å². The fourth-order valence-electron chi connectivity index (χ4n) is 4.84. The maximum atomic E-state index is 4.84. The summed E-state index contributed by atoms with van der Waals surface area (Å²) in [6.45, 7) is 5.06. The summed E-state index contributed by atoms with van der Waals surface area (Å²) in [7, 11) is 0. The van der Waals surface area contributed by atoms with Gasteiger partial charge >= 0.3 is 0 Å². The molecule has 0 unspecified atom stereocenters. The molecule has 0 bridgehead atoms. The summed E-state index contributed by atoms with van der Waals surface area (Å²) in [5.74, 6) is 1.96. The van der Waals surface area contributed by atoms with E-state index in [1.54, 1.807) is 12.4 Å². The molecule has 0 atom stereocenters. The second-order valence-corrected chi connectivity index (χ2v) is 7.77. The molecule has 0 radical (unpaired) electrons. The Labute approximate surface area is 165 Å². The first-order valence-electron chi connectivity index (χ1n) is 10.2. The van der Waals surface area contributed by atoms with E-state index in [0.717, 1.165) is 52.0 Å². The van der Waals surface area contributed by atoms with Crippen molar-refractivity contribution in [3.63, 3.8) is 0 Å². The van der Waals surface area contributed by atoms with Gasteiger partial charge in [-0.2, -0.15) is 0 Å². The van der Waals surface area contributed by atoms with Crippen molar-refractivity contribution in [2.75, 3.05) is 31.5 Å². The number of aryl methyl sites for hydroxylation is 2. The number of piperidine rings is 1. The number of hydrogen-bond acceptors (Lipinski definition) is 5. The van der Waals surface area contributed by atoms with Crippen LogP contribution in [0.5, 0.6) is 0 Å². The van der Waals surface area contributed by atoms with Crippen LogP contribution in [0.3, 0.4) is 0 Å². The fourth-order valence-corrected chi connectivity index (χ4v) is 4.84. The second kappa shape index (κ2) is 7.36. The molecule has 2 aliphatic heterocycles. The molecule has 2 aliphatic rings. The molecule has 1 fully saturated rings. The average Bonchev–Trinajstić information content (AvgIpc) is 3.19. The minimum atomic E-state index is 0.0447. The highest BCUT2D eigenvalue weighted by molar-refractivity contribution is 5.42. The topological polar surface area (TPSA) is 58.9 Å². The van der Waals surface area contributed by atoms with Crippen molar-refractivity contribution in [3.8, 4) is 0 Å². The molecule has 4 heterocycles. The van der Waals surface area contributed by atoms with Crippen LogP contribution in [0.25, 0.3) is 0 Å². The Morgan fingerprint density at radius 3 is 2.61 bits per heavy atom. The molecule has 144 valence electrons. The maximum absolute atomic E-state index is 4.84. The third-order valence-corrected chi connectivity index (χ3v) is 6.29. The van der Waals surface area contributed by atoms with Crippen molar-refractivity contribution in [1.82, 2.24) is 24.4 Å². The van der Waals surface area contributed by atoms with Gasteiger partial charge in [-0.15, -0.1) is 0 Å². The number of likely N-dealkylation sites (tertiary alicyclic amines) is 1. The molecule has 0 aliphatic carbocycles. The molecule has 1 N–H and O–H groups in total. The van der Waals surface area contributed by atoms with Gasteiger partial charge in [0.15, 0.2) is 0 Å². The predicted octanol–water partition coefficient (Wildman–Crippen LogP) is 2.72. The zero-order valence-corrected chi connectivity index (χ0v) is 16.1. The van der Waals surface area contributed by atoms with Crippen LogP contribution in [0.15, 0.2) is 55.1 Å². The number of benzene rings is 1. The van der Waals surface area contributed by atoms with Crippen molar-refractivity contribution in [2.24, 2.45) is 0 Å². The van der Waals surface area contributed by atoms with Crippen molar-refractivity contribution < 1.29 is 0 Å². The lowest BCUT2D eigenvalue weighted by Gasteiger charge is -2.42. The predicted molar refractivity (Wildman–Crippen MR) is 109 cm³/mol. The summed E-state index contributed by atoms with van der Waals surface area (Å²) in [6, 6.07) is 10.8. The summed E-state index contributed by atoms with van der Waals surface area (Å²) >= 11 is 0. The Hall–Kier alpha value is -2.73. The number of fused-ring (bicyclic) bond motifs is 4. The Morgan fingerprint density at radius 2 is 1.75 bits per heavy atom. The number of imidazole rings is 1. The van der Waals surface area contributed by atoms with Crippen LogP contribution in [0.4, 0.5) is 5.95 Å². The van der Waals surface area contributed by atoms with Gasteiger partial charge in [-0.3, -0.25) is 0 Å². The van der Waals surface area contributed by atoms with Crippen molar-refractivity contribution in [1.29, 1.82) is 0 Å². The molecule has 0 saturated carbocycles. The van der Waals surface area contributed by atoms with Crippen LogP contribution in [-0.2, 0) is 18.4 Å². The molecule has 6 heteroatoms.